The highest BCUT2D eigenvalue weighted by atomic mass is 19.4. The van der Waals surface area contributed by atoms with Crippen LogP contribution in [0, 0.1) is 6.92 Å². The van der Waals surface area contributed by atoms with Crippen LogP contribution in [0.4, 0.5) is 22.0 Å². The highest BCUT2D eigenvalue weighted by Gasteiger charge is 2.60. The number of nitrogens with one attached hydrogen (secondary N) is 1. The predicted octanol–water partition coefficient (Wildman–Crippen LogP) is 1.59. The molecule has 2 rings (SSSR count). The third-order valence-electron chi connectivity index (χ3n) is 3.09. The number of ether oxygens (including phenoxy) is 1. The molecule has 0 fully saturated rings. The number of aryl methyl sites for hydroxylation is 1. The highest BCUT2D eigenvalue weighted by Crippen LogP contribution is 2.43. The van der Waals surface area contributed by atoms with Crippen LogP contribution in [0.15, 0.2) is 12.1 Å². The van der Waals surface area contributed by atoms with Crippen molar-refractivity contribution in [1.82, 2.24) is 19.9 Å². The molecule has 0 atom stereocenters. The van der Waals surface area contributed by atoms with Gasteiger partial charge in [-0.2, -0.15) is 27.1 Å². The molecule has 0 aromatic carbocycles. The van der Waals surface area contributed by atoms with E-state index in [2.05, 4.69) is 20.1 Å². The number of carbonyl (C=O) groups excluding carboxylic acids is 2. The summed E-state index contributed by atoms with van der Waals surface area (Å²) in [6.45, 7) is 0.696. The van der Waals surface area contributed by atoms with Gasteiger partial charge in [-0.1, -0.05) is 0 Å². The van der Waals surface area contributed by atoms with E-state index in [1.165, 1.54) is 6.92 Å². The topological polar surface area (TPSA) is 85.6 Å². The van der Waals surface area contributed by atoms with Crippen LogP contribution >= 0.6 is 0 Å². The number of aromatic nitrogens is 3. The number of alkyl halides is 5. The molecule has 12 heteroatoms. The van der Waals surface area contributed by atoms with E-state index < -0.39 is 41.9 Å². The number of amides is 1. The van der Waals surface area contributed by atoms with Crippen LogP contribution in [0.5, 0.6) is 0 Å². The highest BCUT2D eigenvalue weighted by molar-refractivity contribution is 5.95. The van der Waals surface area contributed by atoms with E-state index in [0.29, 0.717) is 6.07 Å². The van der Waals surface area contributed by atoms with Crippen LogP contribution in [0.25, 0.3) is 5.65 Å². The summed E-state index contributed by atoms with van der Waals surface area (Å²) in [5.41, 5.74) is -2.45. The SMILES string of the molecule is COC(=O)CNC(=O)c1cc2nc(C)cc(C(F)(F)C(F)(F)F)n2n1. The van der Waals surface area contributed by atoms with Crippen molar-refractivity contribution in [1.29, 1.82) is 0 Å². The molecular formula is C13H11F5N4O3. The average Bonchev–Trinajstić information content (AvgIpc) is 2.93. The number of nitrogens with zero attached hydrogens (tertiary/aromatic N) is 3. The molecule has 25 heavy (non-hydrogen) atoms. The maximum absolute atomic E-state index is 13.7. The van der Waals surface area contributed by atoms with Gasteiger partial charge in [-0.3, -0.25) is 9.59 Å². The lowest BCUT2D eigenvalue weighted by molar-refractivity contribution is -0.291. The molecule has 2 aromatic heterocycles. The van der Waals surface area contributed by atoms with Crippen LogP contribution in [0.3, 0.4) is 0 Å². The quantitative estimate of drug-likeness (QED) is 0.656. The molecule has 136 valence electrons. The molecule has 0 unspecified atom stereocenters. The van der Waals surface area contributed by atoms with Crippen LogP contribution in [0.2, 0.25) is 0 Å². The van der Waals surface area contributed by atoms with E-state index in [4.69, 9.17) is 0 Å². The van der Waals surface area contributed by atoms with Gasteiger partial charge < -0.3 is 10.1 Å². The van der Waals surface area contributed by atoms with Crippen LogP contribution in [-0.4, -0.2) is 46.3 Å². The van der Waals surface area contributed by atoms with Crippen LogP contribution in [0.1, 0.15) is 21.9 Å². The second kappa shape index (κ2) is 6.26. The molecule has 1 N–H and O–H groups in total. The number of fused-ring (bicyclic) bond motifs is 1. The Morgan fingerprint density at radius 2 is 1.88 bits per heavy atom. The minimum Gasteiger partial charge on any atom is -0.468 e. The summed E-state index contributed by atoms with van der Waals surface area (Å²) in [5.74, 6) is -6.95. The number of carbonyl (C=O) groups is 2. The molecule has 0 saturated heterocycles. The maximum atomic E-state index is 13.7. The molecule has 7 nitrogen and oxygen atoms in total. The first-order chi connectivity index (χ1) is 11.5. The largest absolute Gasteiger partial charge is 0.468 e. The van der Waals surface area contributed by atoms with Gasteiger partial charge in [0.25, 0.3) is 5.91 Å². The molecule has 0 radical (unpaired) electrons. The molecule has 2 heterocycles. The number of methoxy groups -OCH3 is 1. The minimum absolute atomic E-state index is 0.118. The zero-order chi connectivity index (χ0) is 19.0. The smallest absolute Gasteiger partial charge is 0.459 e. The summed E-state index contributed by atoms with van der Waals surface area (Å²) < 4.78 is 69.9. The van der Waals surface area contributed by atoms with E-state index in [9.17, 15) is 31.5 Å². The lowest BCUT2D eigenvalue weighted by atomic mass is 10.2. The third kappa shape index (κ3) is 3.51. The molecule has 0 aliphatic heterocycles. The Labute approximate surface area is 136 Å². The van der Waals surface area contributed by atoms with Crippen LogP contribution in [-0.2, 0) is 15.5 Å². The Bertz CT molecular complexity index is 831. The van der Waals surface area contributed by atoms with Crippen molar-refractivity contribution in [2.24, 2.45) is 0 Å². The van der Waals surface area contributed by atoms with Crippen molar-refractivity contribution < 1.29 is 36.3 Å². The summed E-state index contributed by atoms with van der Waals surface area (Å²) in [6.07, 6.45) is -5.85. The van der Waals surface area contributed by atoms with Gasteiger partial charge in [-0.25, -0.2) is 9.50 Å². The Balaban J connectivity index is 2.48. The minimum atomic E-state index is -5.85. The van der Waals surface area contributed by atoms with E-state index >= 15 is 0 Å². The second-order valence-corrected chi connectivity index (χ2v) is 4.91. The van der Waals surface area contributed by atoms with Gasteiger partial charge in [0.2, 0.25) is 0 Å². The van der Waals surface area contributed by atoms with Gasteiger partial charge in [-0.15, -0.1) is 0 Å². The first kappa shape index (κ1) is 18.5. The molecule has 0 aliphatic carbocycles. The van der Waals surface area contributed by atoms with Gasteiger partial charge in [0.1, 0.15) is 12.2 Å². The van der Waals surface area contributed by atoms with Crippen molar-refractivity contribution in [2.45, 2.75) is 19.0 Å². The number of hydrogen-bond donors (Lipinski definition) is 1. The fourth-order valence-electron chi connectivity index (χ4n) is 1.90. The van der Waals surface area contributed by atoms with Crippen molar-refractivity contribution in [3.63, 3.8) is 0 Å². The van der Waals surface area contributed by atoms with E-state index in [1.54, 1.807) is 0 Å². The van der Waals surface area contributed by atoms with Crippen molar-refractivity contribution in [3.8, 4) is 0 Å². The van der Waals surface area contributed by atoms with E-state index in [0.717, 1.165) is 13.2 Å². The van der Waals surface area contributed by atoms with E-state index in [1.807, 2.05) is 0 Å². The van der Waals surface area contributed by atoms with E-state index in [-0.39, 0.29) is 15.9 Å². The Kier molecular flexibility index (Phi) is 4.64. The second-order valence-electron chi connectivity index (χ2n) is 4.91. The third-order valence-corrected chi connectivity index (χ3v) is 3.09. The first-order valence-corrected chi connectivity index (χ1v) is 6.65. The molecule has 2 aromatic rings. The Hall–Kier alpha value is -2.79. The molecule has 0 bridgehead atoms. The lowest BCUT2D eigenvalue weighted by Crippen LogP contribution is -2.36. The van der Waals surface area contributed by atoms with Gasteiger partial charge in [0, 0.05) is 11.8 Å². The fourth-order valence-corrected chi connectivity index (χ4v) is 1.90. The monoisotopic (exact) mass is 366 g/mol. The summed E-state index contributed by atoms with van der Waals surface area (Å²) >= 11 is 0. The number of rotatable bonds is 4. The van der Waals surface area contributed by atoms with Crippen molar-refractivity contribution in [2.75, 3.05) is 13.7 Å². The first-order valence-electron chi connectivity index (χ1n) is 6.65. The predicted molar refractivity (Wildman–Crippen MR) is 72.0 cm³/mol. The standard InChI is InChI=1S/C13H11F5N4O3/c1-6-3-8(12(14,15)13(16,17)18)22-9(20-6)4-7(21-22)11(24)19-5-10(23)25-2/h3-4H,5H2,1-2H3,(H,19,24). The molecular weight excluding hydrogens is 355 g/mol. The van der Waals surface area contributed by atoms with Gasteiger partial charge in [-0.05, 0) is 13.0 Å². The Morgan fingerprint density at radius 3 is 2.44 bits per heavy atom. The maximum Gasteiger partial charge on any atom is 0.459 e. The Morgan fingerprint density at radius 1 is 1.24 bits per heavy atom. The van der Waals surface area contributed by atoms with Crippen molar-refractivity contribution >= 4 is 17.5 Å². The molecule has 0 spiro atoms. The molecule has 1 amide bonds. The zero-order valence-electron chi connectivity index (χ0n) is 12.8. The summed E-state index contributed by atoms with van der Waals surface area (Å²) in [4.78, 5) is 26.6. The number of hydrogen-bond acceptors (Lipinski definition) is 5. The number of halogens is 5. The van der Waals surface area contributed by atoms with Gasteiger partial charge in [0.05, 0.1) is 7.11 Å². The normalized spacial score (nSPS) is 12.3. The van der Waals surface area contributed by atoms with Gasteiger partial charge in [0.15, 0.2) is 11.3 Å². The average molecular weight is 366 g/mol. The van der Waals surface area contributed by atoms with Gasteiger partial charge >= 0.3 is 18.1 Å². The zero-order valence-corrected chi connectivity index (χ0v) is 12.8. The fraction of sp³-hybridized carbons (Fsp3) is 0.385. The van der Waals surface area contributed by atoms with Crippen molar-refractivity contribution in [3.05, 3.63) is 29.2 Å². The molecule has 0 aliphatic rings. The summed E-state index contributed by atoms with van der Waals surface area (Å²) in [5, 5.41) is 5.53. The van der Waals surface area contributed by atoms with Crippen LogP contribution < -0.4 is 5.32 Å². The number of esters is 1. The summed E-state index contributed by atoms with van der Waals surface area (Å²) in [7, 11) is 1.08. The molecule has 0 saturated carbocycles. The summed E-state index contributed by atoms with van der Waals surface area (Å²) in [6, 6.07) is 1.46. The lowest BCUT2D eigenvalue weighted by Gasteiger charge is -2.20.